The molecule has 0 aromatic heterocycles. The van der Waals surface area contributed by atoms with Gasteiger partial charge in [-0.15, -0.1) is 0 Å². The summed E-state index contributed by atoms with van der Waals surface area (Å²) >= 11 is 3.13. The van der Waals surface area contributed by atoms with Crippen LogP contribution in [0.1, 0.15) is 17.5 Å². The molecular weight excluding hydrogens is 335 g/mol. The van der Waals surface area contributed by atoms with E-state index < -0.39 is 0 Å². The van der Waals surface area contributed by atoms with Crippen LogP contribution in [0, 0.1) is 5.82 Å². The molecule has 0 saturated carbocycles. The summed E-state index contributed by atoms with van der Waals surface area (Å²) in [6, 6.07) is 12.4. The molecule has 2 nitrogen and oxygen atoms in total. The van der Waals surface area contributed by atoms with Gasteiger partial charge >= 0.3 is 0 Å². The summed E-state index contributed by atoms with van der Waals surface area (Å²) in [5.74, 6) is 0.634. The number of halogens is 2. The van der Waals surface area contributed by atoms with Gasteiger partial charge in [-0.25, -0.2) is 4.39 Å². The van der Waals surface area contributed by atoms with Crippen molar-refractivity contribution in [1.82, 2.24) is 0 Å². The third-order valence-corrected chi connectivity index (χ3v) is 3.84. The Morgan fingerprint density at radius 1 is 1.14 bits per heavy atom. The number of hydrogen-bond donors (Lipinski definition) is 0. The topological polar surface area (TPSA) is 26.3 Å². The number of ether oxygens (including phenoxy) is 1. The van der Waals surface area contributed by atoms with E-state index in [-0.39, 0.29) is 11.6 Å². The Morgan fingerprint density at radius 2 is 1.81 bits per heavy atom. The fourth-order valence-electron chi connectivity index (χ4n) is 2.04. The van der Waals surface area contributed by atoms with Crippen molar-refractivity contribution in [2.75, 3.05) is 7.11 Å². The summed E-state index contributed by atoms with van der Waals surface area (Å²) in [5.41, 5.74) is 1.92. The van der Waals surface area contributed by atoms with Crippen molar-refractivity contribution in [1.29, 1.82) is 0 Å². The highest BCUT2D eigenvalue weighted by Gasteiger charge is 2.07. The van der Waals surface area contributed by atoms with Gasteiger partial charge in [-0.2, -0.15) is 0 Å². The lowest BCUT2D eigenvalue weighted by molar-refractivity contribution is -0.118. The molecule has 4 heteroatoms. The summed E-state index contributed by atoms with van der Waals surface area (Å²) in [5, 5.41) is 0. The Morgan fingerprint density at radius 3 is 2.43 bits per heavy atom. The van der Waals surface area contributed by atoms with Gasteiger partial charge in [0, 0.05) is 12.8 Å². The first-order valence-electron chi connectivity index (χ1n) is 6.67. The van der Waals surface area contributed by atoms with Crippen molar-refractivity contribution >= 4 is 21.7 Å². The van der Waals surface area contributed by atoms with Gasteiger partial charge in [0.15, 0.2) is 0 Å². The highest BCUT2D eigenvalue weighted by atomic mass is 79.9. The van der Waals surface area contributed by atoms with Crippen molar-refractivity contribution in [3.8, 4) is 5.75 Å². The molecule has 0 aliphatic rings. The molecule has 0 bridgehead atoms. The number of benzene rings is 2. The number of methoxy groups -OCH3 is 1. The van der Waals surface area contributed by atoms with E-state index >= 15 is 0 Å². The molecule has 0 heterocycles. The molecule has 110 valence electrons. The summed E-state index contributed by atoms with van der Waals surface area (Å²) in [6.07, 6.45) is 1.50. The van der Waals surface area contributed by atoms with Gasteiger partial charge in [0.1, 0.15) is 17.3 Å². The third-order valence-electron chi connectivity index (χ3n) is 3.24. The Kier molecular flexibility index (Phi) is 5.51. The number of hydrogen-bond acceptors (Lipinski definition) is 2. The molecule has 0 radical (unpaired) electrons. The van der Waals surface area contributed by atoms with Crippen LogP contribution in [-0.2, 0) is 17.6 Å². The van der Waals surface area contributed by atoms with E-state index in [1.165, 1.54) is 6.07 Å². The molecule has 0 N–H and O–H groups in total. The SMILES string of the molecule is COc1ccc(CCC(=O)Cc2ccc(F)c(Br)c2)cc1. The lowest BCUT2D eigenvalue weighted by Gasteiger charge is -2.04. The van der Waals surface area contributed by atoms with E-state index in [0.717, 1.165) is 16.9 Å². The summed E-state index contributed by atoms with van der Waals surface area (Å²) < 4.78 is 18.6. The Labute approximate surface area is 132 Å². The van der Waals surface area contributed by atoms with Crippen LogP contribution in [0.15, 0.2) is 46.9 Å². The maximum absolute atomic E-state index is 13.1. The van der Waals surface area contributed by atoms with Crippen LogP contribution in [0.5, 0.6) is 5.75 Å². The summed E-state index contributed by atoms with van der Waals surface area (Å²) in [7, 11) is 1.62. The largest absolute Gasteiger partial charge is 0.497 e. The molecule has 0 amide bonds. The fourth-order valence-corrected chi connectivity index (χ4v) is 2.47. The van der Waals surface area contributed by atoms with Gasteiger partial charge in [0.05, 0.1) is 11.6 Å². The molecule has 21 heavy (non-hydrogen) atoms. The van der Waals surface area contributed by atoms with E-state index in [9.17, 15) is 9.18 Å². The maximum atomic E-state index is 13.1. The number of ketones is 1. The number of rotatable bonds is 6. The first kappa shape index (κ1) is 15.7. The number of Topliss-reactive ketones (excluding diaryl/α,β-unsaturated/α-hetero) is 1. The van der Waals surface area contributed by atoms with E-state index in [4.69, 9.17) is 4.74 Å². The van der Waals surface area contributed by atoms with Gasteiger partial charge in [0.2, 0.25) is 0 Å². The van der Waals surface area contributed by atoms with E-state index in [1.54, 1.807) is 19.2 Å². The van der Waals surface area contributed by atoms with Crippen LogP contribution in [0.25, 0.3) is 0 Å². The second-order valence-corrected chi connectivity index (χ2v) is 5.67. The van der Waals surface area contributed by atoms with E-state index in [2.05, 4.69) is 15.9 Å². The Balaban J connectivity index is 1.87. The predicted octanol–water partition coefficient (Wildman–Crippen LogP) is 4.34. The summed E-state index contributed by atoms with van der Waals surface area (Å²) in [4.78, 5) is 12.0. The second-order valence-electron chi connectivity index (χ2n) is 4.81. The van der Waals surface area contributed by atoms with Crippen LogP contribution in [0.3, 0.4) is 0 Å². The highest BCUT2D eigenvalue weighted by molar-refractivity contribution is 9.10. The molecular formula is C17H16BrFO2. The van der Waals surface area contributed by atoms with Crippen LogP contribution in [0.4, 0.5) is 4.39 Å². The Hall–Kier alpha value is -1.68. The van der Waals surface area contributed by atoms with E-state index in [0.29, 0.717) is 23.7 Å². The number of aryl methyl sites for hydroxylation is 1. The van der Waals surface area contributed by atoms with Crippen molar-refractivity contribution in [3.63, 3.8) is 0 Å². The second kappa shape index (κ2) is 7.36. The minimum atomic E-state index is -0.315. The molecule has 2 aromatic rings. The molecule has 0 aliphatic heterocycles. The zero-order valence-corrected chi connectivity index (χ0v) is 13.3. The molecule has 0 unspecified atom stereocenters. The minimum Gasteiger partial charge on any atom is -0.497 e. The van der Waals surface area contributed by atoms with Gasteiger partial charge in [-0.3, -0.25) is 4.79 Å². The number of carbonyl (C=O) groups is 1. The van der Waals surface area contributed by atoms with E-state index in [1.807, 2.05) is 24.3 Å². The zero-order chi connectivity index (χ0) is 15.2. The standard InChI is InChI=1S/C17H16BrFO2/c1-21-15-7-3-12(4-8-15)2-6-14(20)10-13-5-9-17(19)16(18)11-13/h3-5,7-9,11H,2,6,10H2,1H3. The normalized spacial score (nSPS) is 10.4. The molecule has 0 atom stereocenters. The van der Waals surface area contributed by atoms with Crippen molar-refractivity contribution in [2.24, 2.45) is 0 Å². The van der Waals surface area contributed by atoms with Gasteiger partial charge in [-0.05, 0) is 57.7 Å². The minimum absolute atomic E-state index is 0.143. The van der Waals surface area contributed by atoms with Crippen LogP contribution >= 0.6 is 15.9 Å². The van der Waals surface area contributed by atoms with Crippen molar-refractivity contribution in [3.05, 3.63) is 63.9 Å². The van der Waals surface area contributed by atoms with Gasteiger partial charge in [0.25, 0.3) is 0 Å². The average molecular weight is 351 g/mol. The van der Waals surface area contributed by atoms with Crippen LogP contribution in [0.2, 0.25) is 0 Å². The Bertz CT molecular complexity index is 623. The average Bonchev–Trinajstić information content (AvgIpc) is 2.49. The fraction of sp³-hybridized carbons (Fsp3) is 0.235. The van der Waals surface area contributed by atoms with Crippen LogP contribution in [-0.4, -0.2) is 12.9 Å². The van der Waals surface area contributed by atoms with Crippen LogP contribution < -0.4 is 4.74 Å². The zero-order valence-electron chi connectivity index (χ0n) is 11.7. The first-order chi connectivity index (χ1) is 10.1. The van der Waals surface area contributed by atoms with Gasteiger partial charge in [-0.1, -0.05) is 18.2 Å². The molecule has 2 aromatic carbocycles. The lowest BCUT2D eigenvalue weighted by Crippen LogP contribution is -2.04. The molecule has 2 rings (SSSR count). The van der Waals surface area contributed by atoms with Crippen molar-refractivity contribution < 1.29 is 13.9 Å². The monoisotopic (exact) mass is 350 g/mol. The highest BCUT2D eigenvalue weighted by Crippen LogP contribution is 2.18. The smallest absolute Gasteiger partial charge is 0.137 e. The first-order valence-corrected chi connectivity index (χ1v) is 7.46. The lowest BCUT2D eigenvalue weighted by atomic mass is 10.0. The predicted molar refractivity (Wildman–Crippen MR) is 84.1 cm³/mol. The summed E-state index contributed by atoms with van der Waals surface area (Å²) in [6.45, 7) is 0. The van der Waals surface area contributed by atoms with Crippen molar-refractivity contribution in [2.45, 2.75) is 19.3 Å². The third kappa shape index (κ3) is 4.67. The quantitative estimate of drug-likeness (QED) is 0.774. The number of carbonyl (C=O) groups excluding carboxylic acids is 1. The molecule has 0 saturated heterocycles. The molecule has 0 spiro atoms. The van der Waals surface area contributed by atoms with Gasteiger partial charge < -0.3 is 4.74 Å². The molecule has 0 aliphatic carbocycles. The molecule has 0 fully saturated rings. The maximum Gasteiger partial charge on any atom is 0.137 e.